The molecule has 0 amide bonds. The summed E-state index contributed by atoms with van der Waals surface area (Å²) < 4.78 is 0. The molecule has 0 aliphatic rings. The molecule has 0 aromatic carbocycles. The normalized spacial score (nSPS) is 10.2. The molecule has 0 spiro atoms. The van der Waals surface area contributed by atoms with Crippen LogP contribution in [0.2, 0.25) is 0 Å². The third-order valence-electron chi connectivity index (χ3n) is 1.55. The topological polar surface area (TPSA) is 63.3 Å². The molecule has 0 fully saturated rings. The van der Waals surface area contributed by atoms with E-state index in [9.17, 15) is 4.79 Å². The first-order valence-corrected chi connectivity index (χ1v) is 4.45. The molecule has 1 aromatic heterocycles. The maximum Gasteiger partial charge on any atom is 0.308 e. The average molecular weight is 185 g/mol. The quantitative estimate of drug-likeness (QED) is 0.742. The Labute approximate surface area is 74.8 Å². The smallest absolute Gasteiger partial charge is 0.308 e. The summed E-state index contributed by atoms with van der Waals surface area (Å²) in [5.74, 6) is -0.799. The molecular weight excluding hydrogens is 174 g/mol. The van der Waals surface area contributed by atoms with Crippen LogP contribution in [0, 0.1) is 6.92 Å². The largest absolute Gasteiger partial charge is 0.481 e. The number of nitrogens with two attached hydrogens (primary N) is 1. The fraction of sp³-hybridized carbons (Fsp3) is 0.375. The third-order valence-corrected chi connectivity index (χ3v) is 2.64. The monoisotopic (exact) mass is 185 g/mol. The number of thiophene rings is 1. The van der Waals surface area contributed by atoms with E-state index >= 15 is 0 Å². The van der Waals surface area contributed by atoms with Crippen molar-refractivity contribution in [3.63, 3.8) is 0 Å². The minimum Gasteiger partial charge on any atom is -0.481 e. The van der Waals surface area contributed by atoms with Crippen molar-refractivity contribution in [3.8, 4) is 0 Å². The van der Waals surface area contributed by atoms with Crippen LogP contribution in [0.1, 0.15) is 15.3 Å². The van der Waals surface area contributed by atoms with Gasteiger partial charge in [0.25, 0.3) is 0 Å². The average Bonchev–Trinajstić information content (AvgIpc) is 2.29. The number of carbonyl (C=O) groups is 1. The van der Waals surface area contributed by atoms with Crippen molar-refractivity contribution in [2.45, 2.75) is 19.9 Å². The molecule has 1 rings (SSSR count). The van der Waals surface area contributed by atoms with Gasteiger partial charge in [-0.2, -0.15) is 0 Å². The molecule has 66 valence electrons. The summed E-state index contributed by atoms with van der Waals surface area (Å²) in [4.78, 5) is 12.4. The van der Waals surface area contributed by atoms with E-state index in [4.69, 9.17) is 10.8 Å². The van der Waals surface area contributed by atoms with Crippen LogP contribution in [0.3, 0.4) is 0 Å². The molecule has 0 saturated carbocycles. The van der Waals surface area contributed by atoms with Gasteiger partial charge in [-0.25, -0.2) is 0 Å². The summed E-state index contributed by atoms with van der Waals surface area (Å²) >= 11 is 1.51. The Bertz CT molecular complexity index is 293. The summed E-state index contributed by atoms with van der Waals surface area (Å²) in [6.45, 7) is 2.38. The summed E-state index contributed by atoms with van der Waals surface area (Å²) in [6.07, 6.45) is 0.0883. The van der Waals surface area contributed by atoms with Gasteiger partial charge >= 0.3 is 5.97 Å². The SMILES string of the molecule is Cc1cc(CN)c(CC(=O)O)s1. The maximum atomic E-state index is 10.4. The van der Waals surface area contributed by atoms with Crippen molar-refractivity contribution in [1.82, 2.24) is 0 Å². The van der Waals surface area contributed by atoms with E-state index in [2.05, 4.69) is 0 Å². The summed E-state index contributed by atoms with van der Waals surface area (Å²) in [6, 6.07) is 1.95. The molecule has 0 aliphatic carbocycles. The second-order valence-electron chi connectivity index (χ2n) is 2.58. The van der Waals surface area contributed by atoms with Crippen LogP contribution in [-0.4, -0.2) is 11.1 Å². The first-order valence-electron chi connectivity index (χ1n) is 3.63. The van der Waals surface area contributed by atoms with E-state index < -0.39 is 5.97 Å². The Balaban J connectivity index is 2.89. The fourth-order valence-corrected chi connectivity index (χ4v) is 2.13. The van der Waals surface area contributed by atoms with Crippen LogP contribution in [0.5, 0.6) is 0 Å². The van der Waals surface area contributed by atoms with Gasteiger partial charge in [-0.3, -0.25) is 4.79 Å². The number of aryl methyl sites for hydroxylation is 1. The highest BCUT2D eigenvalue weighted by atomic mass is 32.1. The van der Waals surface area contributed by atoms with Crippen LogP contribution in [0.15, 0.2) is 6.07 Å². The Morgan fingerprint density at radius 3 is 2.92 bits per heavy atom. The summed E-state index contributed by atoms with van der Waals surface area (Å²) in [7, 11) is 0. The number of carboxylic acids is 1. The number of aliphatic carboxylic acids is 1. The van der Waals surface area contributed by atoms with Crippen LogP contribution >= 0.6 is 11.3 Å². The van der Waals surface area contributed by atoms with E-state index in [0.717, 1.165) is 15.3 Å². The Morgan fingerprint density at radius 2 is 2.42 bits per heavy atom. The molecule has 0 unspecified atom stereocenters. The van der Waals surface area contributed by atoms with Crippen LogP contribution < -0.4 is 5.73 Å². The van der Waals surface area contributed by atoms with Gasteiger partial charge in [0.15, 0.2) is 0 Å². The van der Waals surface area contributed by atoms with Gasteiger partial charge in [0.05, 0.1) is 6.42 Å². The lowest BCUT2D eigenvalue weighted by molar-refractivity contribution is -0.136. The molecule has 4 heteroatoms. The zero-order valence-corrected chi connectivity index (χ0v) is 7.65. The van der Waals surface area contributed by atoms with Crippen LogP contribution in [0.4, 0.5) is 0 Å². The number of hydrogen-bond acceptors (Lipinski definition) is 3. The molecule has 1 aromatic rings. The molecule has 12 heavy (non-hydrogen) atoms. The highest BCUT2D eigenvalue weighted by Crippen LogP contribution is 2.21. The third kappa shape index (κ3) is 2.06. The number of carboxylic acid groups (broad SMARTS) is 1. The molecule has 3 nitrogen and oxygen atoms in total. The number of hydrogen-bond donors (Lipinski definition) is 2. The maximum absolute atomic E-state index is 10.4. The standard InChI is InChI=1S/C8H11NO2S/c1-5-2-6(4-9)7(12-5)3-8(10)11/h2H,3-4,9H2,1H3,(H,10,11). The van der Waals surface area contributed by atoms with Gasteiger partial charge in [-0.15, -0.1) is 11.3 Å². The molecule has 0 saturated heterocycles. The van der Waals surface area contributed by atoms with Crippen molar-refractivity contribution in [2.75, 3.05) is 0 Å². The molecule has 0 atom stereocenters. The minimum absolute atomic E-state index is 0.0883. The van der Waals surface area contributed by atoms with E-state index in [1.165, 1.54) is 11.3 Å². The predicted octanol–water partition coefficient (Wildman–Crippen LogP) is 1.14. The van der Waals surface area contributed by atoms with E-state index in [1.54, 1.807) is 0 Å². The lowest BCUT2D eigenvalue weighted by Crippen LogP contribution is -2.03. The van der Waals surface area contributed by atoms with Crippen LogP contribution in [-0.2, 0) is 17.8 Å². The minimum atomic E-state index is -0.799. The second-order valence-corrected chi connectivity index (χ2v) is 3.92. The van der Waals surface area contributed by atoms with Gasteiger partial charge in [0, 0.05) is 16.3 Å². The molecule has 3 N–H and O–H groups in total. The van der Waals surface area contributed by atoms with Crippen molar-refractivity contribution in [1.29, 1.82) is 0 Å². The lowest BCUT2D eigenvalue weighted by atomic mass is 10.2. The van der Waals surface area contributed by atoms with Crippen molar-refractivity contribution in [3.05, 3.63) is 21.4 Å². The first kappa shape index (κ1) is 9.22. The molecule has 0 aliphatic heterocycles. The lowest BCUT2D eigenvalue weighted by Gasteiger charge is -1.95. The zero-order valence-electron chi connectivity index (χ0n) is 6.83. The molecule has 1 heterocycles. The first-order chi connectivity index (χ1) is 5.63. The van der Waals surface area contributed by atoms with Gasteiger partial charge in [-0.05, 0) is 18.6 Å². The summed E-state index contributed by atoms with van der Waals surface area (Å²) in [5, 5.41) is 8.56. The second kappa shape index (κ2) is 3.69. The summed E-state index contributed by atoms with van der Waals surface area (Å²) in [5.41, 5.74) is 6.41. The number of rotatable bonds is 3. The van der Waals surface area contributed by atoms with E-state index in [-0.39, 0.29) is 6.42 Å². The van der Waals surface area contributed by atoms with Crippen molar-refractivity contribution < 1.29 is 9.90 Å². The molecule has 0 radical (unpaired) electrons. The highest BCUT2D eigenvalue weighted by Gasteiger charge is 2.08. The highest BCUT2D eigenvalue weighted by molar-refractivity contribution is 7.12. The van der Waals surface area contributed by atoms with Gasteiger partial charge in [-0.1, -0.05) is 0 Å². The molecular formula is C8H11NO2S. The Morgan fingerprint density at radius 1 is 1.75 bits per heavy atom. The van der Waals surface area contributed by atoms with Crippen molar-refractivity contribution in [2.24, 2.45) is 5.73 Å². The van der Waals surface area contributed by atoms with Gasteiger partial charge < -0.3 is 10.8 Å². The Hall–Kier alpha value is -0.870. The van der Waals surface area contributed by atoms with E-state index in [0.29, 0.717) is 6.54 Å². The fourth-order valence-electron chi connectivity index (χ4n) is 1.07. The van der Waals surface area contributed by atoms with Gasteiger partial charge in [0.2, 0.25) is 0 Å². The zero-order chi connectivity index (χ0) is 9.14. The van der Waals surface area contributed by atoms with Gasteiger partial charge in [0.1, 0.15) is 0 Å². The van der Waals surface area contributed by atoms with Crippen molar-refractivity contribution >= 4 is 17.3 Å². The predicted molar refractivity (Wildman–Crippen MR) is 48.3 cm³/mol. The van der Waals surface area contributed by atoms with E-state index in [1.807, 2.05) is 13.0 Å². The molecule has 0 bridgehead atoms. The van der Waals surface area contributed by atoms with Crippen LogP contribution in [0.25, 0.3) is 0 Å². The Kier molecular flexibility index (Phi) is 2.83.